The van der Waals surface area contributed by atoms with Crippen LogP contribution in [0.15, 0.2) is 60.9 Å². The lowest BCUT2D eigenvalue weighted by Gasteiger charge is -2.13. The molecule has 3 aromatic rings. The summed E-state index contributed by atoms with van der Waals surface area (Å²) in [6.07, 6.45) is 8.58. The molecule has 184 valence electrons. The number of carboxylic acid groups (broad SMARTS) is 1. The summed E-state index contributed by atoms with van der Waals surface area (Å²) in [6, 6.07) is 12.8. The van der Waals surface area contributed by atoms with Gasteiger partial charge < -0.3 is 21.6 Å². The highest BCUT2D eigenvalue weighted by Crippen LogP contribution is 2.29. The van der Waals surface area contributed by atoms with Gasteiger partial charge in [0.2, 0.25) is 0 Å². The Bertz CT molecular complexity index is 1370. The minimum Gasteiger partial charge on any atom is -0.481 e. The van der Waals surface area contributed by atoms with Gasteiger partial charge in [0.25, 0.3) is 5.91 Å². The minimum absolute atomic E-state index is 0.00286. The Kier molecular flexibility index (Phi) is 7.80. The number of carboxylic acids is 1. The molecule has 0 saturated carbocycles. The van der Waals surface area contributed by atoms with Gasteiger partial charge in [-0.25, -0.2) is 0 Å². The molecule has 4 rings (SSSR count). The van der Waals surface area contributed by atoms with Crippen LogP contribution in [0, 0.1) is 5.41 Å². The van der Waals surface area contributed by atoms with Gasteiger partial charge in [0.05, 0.1) is 24.2 Å². The van der Waals surface area contributed by atoms with Crippen LogP contribution in [0.25, 0.3) is 5.57 Å². The zero-order chi connectivity index (χ0) is 25.7. The second-order valence-corrected chi connectivity index (χ2v) is 9.27. The minimum atomic E-state index is -0.839. The Morgan fingerprint density at radius 2 is 1.94 bits per heavy atom. The average molecular weight is 503 g/mol. The largest absolute Gasteiger partial charge is 0.481 e. The Labute approximate surface area is 214 Å². The first-order valence-corrected chi connectivity index (χ1v) is 12.1. The summed E-state index contributed by atoms with van der Waals surface area (Å²) >= 11 is 6.00. The standard InChI is InChI=1S/C28H27ClN4O3/c29-22-7-8-25(30)24(13-22)26(31)16-33-28(36)21-10-18(14-32-15-21)9-17-5-6-19-3-1-2-4-20(12-27(34)35)23(19)11-17/h4-8,10-11,13-15,31H,1-3,9,12,16,30H2,(H,33,36)(H,34,35). The Balaban J connectivity index is 1.46. The van der Waals surface area contributed by atoms with E-state index in [9.17, 15) is 14.7 Å². The van der Waals surface area contributed by atoms with E-state index in [1.807, 2.05) is 12.1 Å². The van der Waals surface area contributed by atoms with Crippen LogP contribution in [0.4, 0.5) is 5.69 Å². The molecule has 8 heteroatoms. The summed E-state index contributed by atoms with van der Waals surface area (Å²) in [7, 11) is 0. The molecule has 0 fully saturated rings. The first kappa shape index (κ1) is 25.1. The number of pyridine rings is 1. The summed E-state index contributed by atoms with van der Waals surface area (Å²) in [6.45, 7) is -0.00286. The number of amides is 1. The van der Waals surface area contributed by atoms with E-state index >= 15 is 0 Å². The van der Waals surface area contributed by atoms with Crippen molar-refractivity contribution in [1.82, 2.24) is 10.3 Å². The fourth-order valence-corrected chi connectivity index (χ4v) is 4.53. The molecular weight excluding hydrogens is 476 g/mol. The molecule has 5 N–H and O–H groups in total. The third-order valence-electron chi connectivity index (χ3n) is 6.13. The summed E-state index contributed by atoms with van der Waals surface area (Å²) in [5.41, 5.74) is 12.3. The van der Waals surface area contributed by atoms with E-state index < -0.39 is 5.97 Å². The van der Waals surface area contributed by atoms with Crippen LogP contribution >= 0.6 is 11.6 Å². The molecule has 0 radical (unpaired) electrons. The van der Waals surface area contributed by atoms with Gasteiger partial charge in [-0.3, -0.25) is 14.6 Å². The summed E-state index contributed by atoms with van der Waals surface area (Å²) in [5, 5.41) is 20.8. The van der Waals surface area contributed by atoms with Crippen molar-refractivity contribution < 1.29 is 14.7 Å². The number of rotatable bonds is 8. The van der Waals surface area contributed by atoms with E-state index in [0.29, 0.717) is 28.3 Å². The molecule has 1 aliphatic rings. The van der Waals surface area contributed by atoms with Crippen molar-refractivity contribution in [1.29, 1.82) is 5.41 Å². The van der Waals surface area contributed by atoms with Crippen molar-refractivity contribution in [2.45, 2.75) is 32.1 Å². The highest BCUT2D eigenvalue weighted by molar-refractivity contribution is 6.31. The van der Waals surface area contributed by atoms with Gasteiger partial charge in [0, 0.05) is 28.7 Å². The van der Waals surface area contributed by atoms with Gasteiger partial charge in [0.1, 0.15) is 0 Å². The number of nitrogens with two attached hydrogens (primary N) is 1. The summed E-state index contributed by atoms with van der Waals surface area (Å²) in [4.78, 5) is 28.3. The molecule has 36 heavy (non-hydrogen) atoms. The highest BCUT2D eigenvalue weighted by atomic mass is 35.5. The fraction of sp³-hybridized carbons (Fsp3) is 0.214. The van der Waals surface area contributed by atoms with Crippen LogP contribution in [0.1, 0.15) is 57.4 Å². The molecule has 1 amide bonds. The number of benzene rings is 2. The Morgan fingerprint density at radius 1 is 1.11 bits per heavy atom. The predicted molar refractivity (Wildman–Crippen MR) is 142 cm³/mol. The van der Waals surface area contributed by atoms with Crippen LogP contribution in [0.5, 0.6) is 0 Å². The van der Waals surface area contributed by atoms with Gasteiger partial charge in [-0.1, -0.05) is 35.9 Å². The molecule has 1 aliphatic carbocycles. The normalized spacial score (nSPS) is 12.8. The lowest BCUT2D eigenvalue weighted by molar-refractivity contribution is -0.135. The number of fused-ring (bicyclic) bond motifs is 1. The number of anilines is 1. The van der Waals surface area contributed by atoms with Crippen molar-refractivity contribution in [2.24, 2.45) is 0 Å². The molecular formula is C28H27ClN4O3. The van der Waals surface area contributed by atoms with E-state index in [2.05, 4.69) is 22.4 Å². The molecule has 0 spiro atoms. The number of hydrogen-bond donors (Lipinski definition) is 4. The maximum Gasteiger partial charge on any atom is 0.307 e. The van der Waals surface area contributed by atoms with Crippen molar-refractivity contribution >= 4 is 40.4 Å². The van der Waals surface area contributed by atoms with E-state index in [-0.39, 0.29) is 24.6 Å². The lowest BCUT2D eigenvalue weighted by Crippen LogP contribution is -2.30. The van der Waals surface area contributed by atoms with Crippen molar-refractivity contribution in [2.75, 3.05) is 12.3 Å². The third kappa shape index (κ3) is 6.17. The Hall–Kier alpha value is -3.97. The zero-order valence-electron chi connectivity index (χ0n) is 19.7. The maximum atomic E-state index is 12.7. The quantitative estimate of drug-likeness (QED) is 0.257. The number of nitrogen functional groups attached to an aromatic ring is 1. The average Bonchev–Trinajstić information content (AvgIpc) is 3.05. The monoisotopic (exact) mass is 502 g/mol. The molecule has 1 heterocycles. The lowest BCUT2D eigenvalue weighted by atomic mass is 9.93. The van der Waals surface area contributed by atoms with Crippen molar-refractivity contribution in [3.05, 3.63) is 99.3 Å². The topological polar surface area (TPSA) is 129 Å². The second kappa shape index (κ2) is 11.2. The highest BCUT2D eigenvalue weighted by Gasteiger charge is 2.16. The molecule has 2 aromatic carbocycles. The number of aliphatic carboxylic acids is 1. The molecule has 0 aliphatic heterocycles. The van der Waals surface area contributed by atoms with E-state index in [0.717, 1.165) is 47.1 Å². The van der Waals surface area contributed by atoms with Gasteiger partial charge in [0.15, 0.2) is 0 Å². The van der Waals surface area contributed by atoms with E-state index in [4.69, 9.17) is 22.7 Å². The maximum absolute atomic E-state index is 12.7. The van der Waals surface area contributed by atoms with E-state index in [1.54, 1.807) is 30.5 Å². The van der Waals surface area contributed by atoms with Gasteiger partial charge >= 0.3 is 5.97 Å². The zero-order valence-corrected chi connectivity index (χ0v) is 20.4. The molecule has 0 atom stereocenters. The number of allylic oxidation sites excluding steroid dienone is 1. The van der Waals surface area contributed by atoms with E-state index in [1.165, 1.54) is 6.20 Å². The first-order chi connectivity index (χ1) is 17.3. The second-order valence-electron chi connectivity index (χ2n) is 8.84. The molecule has 0 unspecified atom stereocenters. The molecule has 7 nitrogen and oxygen atoms in total. The number of carbonyl (C=O) groups is 2. The van der Waals surface area contributed by atoms with Crippen LogP contribution in [-0.4, -0.2) is 34.2 Å². The van der Waals surface area contributed by atoms with Gasteiger partial charge in [-0.2, -0.15) is 0 Å². The van der Waals surface area contributed by atoms with Gasteiger partial charge in [-0.05, 0) is 77.8 Å². The summed E-state index contributed by atoms with van der Waals surface area (Å²) in [5.74, 6) is -1.18. The number of aryl methyl sites for hydroxylation is 1. The predicted octanol–water partition coefficient (Wildman–Crippen LogP) is 4.90. The summed E-state index contributed by atoms with van der Waals surface area (Å²) < 4.78 is 0. The number of hydrogen-bond acceptors (Lipinski definition) is 5. The number of carbonyl (C=O) groups excluding carboxylic acids is 1. The smallest absolute Gasteiger partial charge is 0.307 e. The van der Waals surface area contributed by atoms with Crippen LogP contribution in [0.2, 0.25) is 5.02 Å². The number of aromatic nitrogens is 1. The SMILES string of the molecule is N=C(CNC(=O)c1cncc(Cc2ccc3c(c2)C(CC(=O)O)=CCCC3)c1)c1cc(Cl)ccc1N. The first-order valence-electron chi connectivity index (χ1n) is 11.7. The fourth-order valence-electron chi connectivity index (χ4n) is 4.36. The molecule has 0 saturated heterocycles. The van der Waals surface area contributed by atoms with Gasteiger partial charge in [-0.15, -0.1) is 0 Å². The van der Waals surface area contributed by atoms with Crippen molar-refractivity contribution in [3.63, 3.8) is 0 Å². The van der Waals surface area contributed by atoms with Crippen LogP contribution < -0.4 is 11.1 Å². The molecule has 1 aromatic heterocycles. The third-order valence-corrected chi connectivity index (χ3v) is 6.37. The Morgan fingerprint density at radius 3 is 2.75 bits per heavy atom. The number of halogens is 1. The van der Waals surface area contributed by atoms with Crippen LogP contribution in [0.3, 0.4) is 0 Å². The molecule has 0 bridgehead atoms. The van der Waals surface area contributed by atoms with Crippen LogP contribution in [-0.2, 0) is 17.6 Å². The number of nitrogens with zero attached hydrogens (tertiary/aromatic N) is 1. The van der Waals surface area contributed by atoms with Crippen molar-refractivity contribution in [3.8, 4) is 0 Å². The number of nitrogens with one attached hydrogen (secondary N) is 2.